The summed E-state index contributed by atoms with van der Waals surface area (Å²) in [6.07, 6.45) is 6.68. The Morgan fingerprint density at radius 1 is 0.971 bits per heavy atom. The predicted molar refractivity (Wildman–Crippen MR) is 131 cm³/mol. The molecule has 34 heavy (non-hydrogen) atoms. The first-order chi connectivity index (χ1) is 16.5. The first-order valence-corrected chi connectivity index (χ1v) is 12.0. The van der Waals surface area contributed by atoms with E-state index in [-0.39, 0.29) is 17.7 Å². The number of nitrogens with zero attached hydrogens (tertiary/aromatic N) is 5. The van der Waals surface area contributed by atoms with E-state index in [1.54, 1.807) is 12.4 Å². The molecule has 1 fully saturated rings. The summed E-state index contributed by atoms with van der Waals surface area (Å²) in [7, 11) is 0. The van der Waals surface area contributed by atoms with Gasteiger partial charge in [0, 0.05) is 62.4 Å². The number of pyridine rings is 1. The maximum Gasteiger partial charge on any atom is 0.254 e. The Morgan fingerprint density at radius 3 is 2.47 bits per heavy atom. The molecule has 3 aromatic rings. The van der Waals surface area contributed by atoms with Crippen LogP contribution in [-0.2, 0) is 17.8 Å². The Morgan fingerprint density at radius 2 is 1.74 bits per heavy atom. The van der Waals surface area contributed by atoms with Crippen molar-refractivity contribution in [2.24, 2.45) is 11.8 Å². The molecule has 2 amide bonds. The fraction of sp³-hybridized carbons (Fsp3) is 0.407. The van der Waals surface area contributed by atoms with E-state index in [9.17, 15) is 9.59 Å². The van der Waals surface area contributed by atoms with Crippen LogP contribution < -0.4 is 0 Å². The fourth-order valence-electron chi connectivity index (χ4n) is 4.54. The van der Waals surface area contributed by atoms with Gasteiger partial charge < -0.3 is 9.80 Å². The third-order valence-corrected chi connectivity index (χ3v) is 6.18. The van der Waals surface area contributed by atoms with Crippen molar-refractivity contribution in [2.45, 2.75) is 33.2 Å². The Kier molecular flexibility index (Phi) is 7.72. The molecular weight excluding hydrogens is 426 g/mol. The molecule has 0 bridgehead atoms. The van der Waals surface area contributed by atoms with Gasteiger partial charge in [0.05, 0.1) is 6.54 Å². The maximum atomic E-state index is 13.7. The standard InChI is InChI=1S/C27H33N5O2/c1-21(2)16-26(33)30-14-15-31(19-22(18-30)17-24-9-5-6-11-28-24)27(34)25-10-4-3-8-23(25)20-32-13-7-12-29-32/h3-13,21-22H,14-20H2,1-2H3/t22-/m1/s1. The number of hydrogen-bond donors (Lipinski definition) is 0. The second kappa shape index (κ2) is 11.1. The molecule has 4 rings (SSSR count). The van der Waals surface area contributed by atoms with E-state index in [2.05, 4.69) is 23.9 Å². The molecule has 0 spiro atoms. The highest BCUT2D eigenvalue weighted by atomic mass is 16.2. The lowest BCUT2D eigenvalue weighted by Crippen LogP contribution is -2.38. The van der Waals surface area contributed by atoms with Gasteiger partial charge in [-0.15, -0.1) is 0 Å². The lowest BCUT2D eigenvalue weighted by atomic mass is 10.00. The lowest BCUT2D eigenvalue weighted by Gasteiger charge is -2.25. The highest BCUT2D eigenvalue weighted by molar-refractivity contribution is 5.95. The van der Waals surface area contributed by atoms with Gasteiger partial charge in [-0.05, 0) is 48.1 Å². The molecule has 1 aliphatic rings. The topological polar surface area (TPSA) is 71.3 Å². The van der Waals surface area contributed by atoms with Crippen molar-refractivity contribution in [2.75, 3.05) is 26.2 Å². The van der Waals surface area contributed by atoms with Crippen molar-refractivity contribution in [1.82, 2.24) is 24.6 Å². The SMILES string of the molecule is CC(C)CC(=O)N1CCN(C(=O)c2ccccc2Cn2cccn2)C[C@H](Cc2ccccn2)C1. The average Bonchev–Trinajstić information content (AvgIpc) is 3.24. The zero-order chi connectivity index (χ0) is 23.9. The Bertz CT molecular complexity index is 1080. The molecular formula is C27H33N5O2. The van der Waals surface area contributed by atoms with Crippen LogP contribution in [0.2, 0.25) is 0 Å². The van der Waals surface area contributed by atoms with Crippen LogP contribution in [0.25, 0.3) is 0 Å². The van der Waals surface area contributed by atoms with Crippen molar-refractivity contribution in [3.8, 4) is 0 Å². The van der Waals surface area contributed by atoms with Crippen LogP contribution in [0.5, 0.6) is 0 Å². The summed E-state index contributed by atoms with van der Waals surface area (Å²) in [5.41, 5.74) is 2.61. The average molecular weight is 460 g/mol. The van der Waals surface area contributed by atoms with Gasteiger partial charge in [-0.3, -0.25) is 19.3 Å². The summed E-state index contributed by atoms with van der Waals surface area (Å²) >= 11 is 0. The van der Waals surface area contributed by atoms with Crippen molar-refractivity contribution in [1.29, 1.82) is 0 Å². The van der Waals surface area contributed by atoms with Crippen LogP contribution in [0.1, 0.15) is 41.9 Å². The van der Waals surface area contributed by atoms with Crippen molar-refractivity contribution in [3.63, 3.8) is 0 Å². The molecule has 7 nitrogen and oxygen atoms in total. The number of rotatable bonds is 7. The zero-order valence-corrected chi connectivity index (χ0v) is 20.0. The van der Waals surface area contributed by atoms with E-state index in [0.717, 1.165) is 17.7 Å². The Labute approximate surface area is 201 Å². The lowest BCUT2D eigenvalue weighted by molar-refractivity contribution is -0.132. The molecule has 0 radical (unpaired) electrons. The van der Waals surface area contributed by atoms with Gasteiger partial charge in [0.25, 0.3) is 5.91 Å². The number of aromatic nitrogens is 3. The van der Waals surface area contributed by atoms with Crippen LogP contribution in [-0.4, -0.2) is 62.6 Å². The number of amides is 2. The van der Waals surface area contributed by atoms with Crippen LogP contribution >= 0.6 is 0 Å². The summed E-state index contributed by atoms with van der Waals surface area (Å²) < 4.78 is 1.82. The van der Waals surface area contributed by atoms with Crippen LogP contribution in [0.3, 0.4) is 0 Å². The van der Waals surface area contributed by atoms with Crippen LogP contribution in [0, 0.1) is 11.8 Å². The summed E-state index contributed by atoms with van der Waals surface area (Å²) in [4.78, 5) is 35.0. The van der Waals surface area contributed by atoms with E-state index < -0.39 is 0 Å². The van der Waals surface area contributed by atoms with E-state index in [0.29, 0.717) is 50.6 Å². The van der Waals surface area contributed by atoms with Gasteiger partial charge in [0.15, 0.2) is 0 Å². The second-order valence-electron chi connectivity index (χ2n) is 9.44. The number of carbonyl (C=O) groups is 2. The van der Waals surface area contributed by atoms with Gasteiger partial charge in [-0.1, -0.05) is 38.1 Å². The van der Waals surface area contributed by atoms with Gasteiger partial charge in [0.2, 0.25) is 5.91 Å². The minimum absolute atomic E-state index is 0.00642. The smallest absolute Gasteiger partial charge is 0.254 e. The normalized spacial score (nSPS) is 16.5. The third kappa shape index (κ3) is 6.10. The highest BCUT2D eigenvalue weighted by Gasteiger charge is 2.29. The summed E-state index contributed by atoms with van der Waals surface area (Å²) in [6, 6.07) is 15.5. The highest BCUT2D eigenvalue weighted by Crippen LogP contribution is 2.20. The Hall–Kier alpha value is -3.48. The van der Waals surface area contributed by atoms with E-state index in [4.69, 9.17) is 0 Å². The van der Waals surface area contributed by atoms with Gasteiger partial charge >= 0.3 is 0 Å². The summed E-state index contributed by atoms with van der Waals surface area (Å²) in [6.45, 7) is 6.98. The first kappa shape index (κ1) is 23.7. The number of benzene rings is 1. The Balaban J connectivity index is 1.56. The maximum absolute atomic E-state index is 13.7. The number of hydrogen-bond acceptors (Lipinski definition) is 4. The van der Waals surface area contributed by atoms with Crippen molar-refractivity contribution >= 4 is 11.8 Å². The van der Waals surface area contributed by atoms with E-state index >= 15 is 0 Å². The van der Waals surface area contributed by atoms with Gasteiger partial charge in [0.1, 0.15) is 0 Å². The van der Waals surface area contributed by atoms with Crippen LogP contribution in [0.4, 0.5) is 0 Å². The molecule has 178 valence electrons. The summed E-state index contributed by atoms with van der Waals surface area (Å²) in [5, 5.41) is 4.29. The molecule has 0 aliphatic carbocycles. The molecule has 1 aliphatic heterocycles. The van der Waals surface area contributed by atoms with Gasteiger partial charge in [-0.2, -0.15) is 5.10 Å². The molecule has 1 atom stereocenters. The summed E-state index contributed by atoms with van der Waals surface area (Å²) in [5.74, 6) is 0.592. The molecule has 1 saturated heterocycles. The van der Waals surface area contributed by atoms with E-state index in [1.165, 1.54) is 0 Å². The number of carbonyl (C=O) groups excluding carboxylic acids is 2. The third-order valence-electron chi connectivity index (χ3n) is 6.18. The van der Waals surface area contributed by atoms with Crippen molar-refractivity contribution < 1.29 is 9.59 Å². The van der Waals surface area contributed by atoms with Gasteiger partial charge in [-0.25, -0.2) is 0 Å². The molecule has 0 unspecified atom stereocenters. The van der Waals surface area contributed by atoms with Crippen molar-refractivity contribution in [3.05, 3.63) is 83.9 Å². The molecule has 0 N–H and O–H groups in total. The molecule has 3 heterocycles. The predicted octanol–water partition coefficient (Wildman–Crippen LogP) is 3.52. The minimum Gasteiger partial charge on any atom is -0.341 e. The molecule has 7 heteroatoms. The van der Waals surface area contributed by atoms with Crippen LogP contribution in [0.15, 0.2) is 67.1 Å². The van der Waals surface area contributed by atoms with E-state index in [1.807, 2.05) is 69.2 Å². The largest absolute Gasteiger partial charge is 0.341 e. The zero-order valence-electron chi connectivity index (χ0n) is 20.0. The monoisotopic (exact) mass is 459 g/mol. The molecule has 2 aromatic heterocycles. The molecule has 0 saturated carbocycles. The quantitative estimate of drug-likeness (QED) is 0.542. The first-order valence-electron chi connectivity index (χ1n) is 12.0. The second-order valence-corrected chi connectivity index (χ2v) is 9.44. The molecule has 1 aromatic carbocycles. The fourth-order valence-corrected chi connectivity index (χ4v) is 4.54. The minimum atomic E-state index is 0.00642.